The lowest BCUT2D eigenvalue weighted by Crippen LogP contribution is -2.44. The summed E-state index contributed by atoms with van der Waals surface area (Å²) in [5, 5.41) is 11.1. The fourth-order valence-electron chi connectivity index (χ4n) is 4.76. The maximum absolute atomic E-state index is 12.6. The molecule has 33 heavy (non-hydrogen) atoms. The largest absolute Gasteiger partial charge is 0.435 e. The van der Waals surface area contributed by atoms with Crippen molar-refractivity contribution in [2.75, 3.05) is 19.6 Å². The average Bonchev–Trinajstić information content (AvgIpc) is 3.18. The highest BCUT2D eigenvalue weighted by atomic mass is 19.4. The van der Waals surface area contributed by atoms with Crippen LogP contribution in [0.5, 0.6) is 0 Å². The number of hydrogen-bond acceptors (Lipinski definition) is 6. The van der Waals surface area contributed by atoms with Crippen LogP contribution in [-0.4, -0.2) is 49.9 Å². The number of alkyl halides is 3. The number of hydrogen-bond donors (Lipinski definition) is 1. The quantitative estimate of drug-likeness (QED) is 0.625. The second kappa shape index (κ2) is 8.38. The number of nitrogens with one attached hydrogen (secondary N) is 1. The van der Waals surface area contributed by atoms with E-state index in [0.717, 1.165) is 37.4 Å². The number of rotatable bonds is 5. The first-order chi connectivity index (χ1) is 15.8. The van der Waals surface area contributed by atoms with E-state index in [-0.39, 0.29) is 23.2 Å². The molecule has 0 radical (unpaired) electrons. The van der Waals surface area contributed by atoms with Crippen LogP contribution in [0.1, 0.15) is 30.3 Å². The summed E-state index contributed by atoms with van der Waals surface area (Å²) < 4.78 is 41.2. The van der Waals surface area contributed by atoms with Crippen LogP contribution in [0.3, 0.4) is 0 Å². The molecule has 11 heteroatoms. The van der Waals surface area contributed by atoms with E-state index < -0.39 is 11.9 Å². The zero-order valence-electron chi connectivity index (χ0n) is 17.8. The number of nitrogens with zero attached hydrogens (tertiary/aromatic N) is 5. The van der Waals surface area contributed by atoms with Gasteiger partial charge in [0.2, 0.25) is 0 Å². The van der Waals surface area contributed by atoms with Gasteiger partial charge in [-0.1, -0.05) is 0 Å². The number of piperidine rings is 1. The first-order valence-corrected chi connectivity index (χ1v) is 10.9. The van der Waals surface area contributed by atoms with Gasteiger partial charge in [0.05, 0.1) is 11.7 Å². The smallest absolute Gasteiger partial charge is 0.308 e. The molecule has 2 aliphatic heterocycles. The minimum atomic E-state index is -4.49. The molecule has 0 aliphatic carbocycles. The van der Waals surface area contributed by atoms with Crippen LogP contribution in [0.25, 0.3) is 11.0 Å². The van der Waals surface area contributed by atoms with Crippen molar-refractivity contribution in [3.05, 3.63) is 68.5 Å². The van der Waals surface area contributed by atoms with Crippen molar-refractivity contribution < 1.29 is 13.2 Å². The predicted octanol–water partition coefficient (Wildman–Crippen LogP) is 1.78. The Bertz CT molecular complexity index is 1270. The molecule has 8 nitrogen and oxygen atoms in total. The predicted molar refractivity (Wildman–Crippen MR) is 115 cm³/mol. The summed E-state index contributed by atoms with van der Waals surface area (Å²) in [5.41, 5.74) is -0.0378. The standard InChI is InChI=1S/C22H23F3N6O2/c23-22(24,25)18-4-3-16(27-28-18)11-26-15-7-9-29(10-8-15)12-17-13-30-19(32)5-1-14-2-6-20(33)31(17)21(14)30/h1-6,15,17,26H,7-13H2/t17-/m1/s1. The number of pyridine rings is 2. The van der Waals surface area contributed by atoms with E-state index in [1.807, 2.05) is 0 Å². The van der Waals surface area contributed by atoms with Gasteiger partial charge in [-0.05, 0) is 50.2 Å². The van der Waals surface area contributed by atoms with Crippen LogP contribution in [0, 0.1) is 0 Å². The van der Waals surface area contributed by atoms with Crippen molar-refractivity contribution in [1.29, 1.82) is 0 Å². The van der Waals surface area contributed by atoms with E-state index in [1.165, 1.54) is 12.1 Å². The van der Waals surface area contributed by atoms with Crippen molar-refractivity contribution in [1.82, 2.24) is 29.5 Å². The van der Waals surface area contributed by atoms with Gasteiger partial charge in [0.1, 0.15) is 5.65 Å². The van der Waals surface area contributed by atoms with Gasteiger partial charge in [-0.2, -0.15) is 18.3 Å². The summed E-state index contributed by atoms with van der Waals surface area (Å²) in [6, 6.07) is 9.02. The maximum atomic E-state index is 12.6. The summed E-state index contributed by atoms with van der Waals surface area (Å²) in [4.78, 5) is 27.2. The lowest BCUT2D eigenvalue weighted by molar-refractivity contribution is -0.141. The molecule has 0 saturated carbocycles. The molecule has 1 atom stereocenters. The molecular weight excluding hydrogens is 437 g/mol. The summed E-state index contributed by atoms with van der Waals surface area (Å²) in [6.45, 7) is 3.16. The van der Waals surface area contributed by atoms with Crippen molar-refractivity contribution in [3.8, 4) is 0 Å². The molecule has 1 saturated heterocycles. The molecule has 0 spiro atoms. The van der Waals surface area contributed by atoms with Crippen molar-refractivity contribution in [2.24, 2.45) is 0 Å². The highest BCUT2D eigenvalue weighted by molar-refractivity contribution is 5.76. The molecule has 0 bridgehead atoms. The fourth-order valence-corrected chi connectivity index (χ4v) is 4.76. The lowest BCUT2D eigenvalue weighted by Gasteiger charge is -2.34. The average molecular weight is 460 g/mol. The van der Waals surface area contributed by atoms with E-state index in [1.54, 1.807) is 27.3 Å². The first-order valence-electron chi connectivity index (χ1n) is 10.9. The van der Waals surface area contributed by atoms with E-state index in [2.05, 4.69) is 20.4 Å². The number of likely N-dealkylation sites (tertiary alicyclic amines) is 1. The summed E-state index contributed by atoms with van der Waals surface area (Å²) in [5.74, 6) is 0. The second-order valence-corrected chi connectivity index (χ2v) is 8.62. The maximum Gasteiger partial charge on any atom is 0.435 e. The first kappa shape index (κ1) is 21.8. The Balaban J connectivity index is 1.17. The number of aromatic nitrogens is 4. The van der Waals surface area contributed by atoms with Crippen LogP contribution >= 0.6 is 0 Å². The second-order valence-electron chi connectivity index (χ2n) is 8.62. The zero-order chi connectivity index (χ0) is 23.2. The fraction of sp³-hybridized carbons (Fsp3) is 0.455. The molecule has 3 aromatic rings. The highest BCUT2D eigenvalue weighted by Gasteiger charge is 2.33. The summed E-state index contributed by atoms with van der Waals surface area (Å²) >= 11 is 0. The Labute approximate surface area is 186 Å². The minimum absolute atomic E-state index is 0.0942. The van der Waals surface area contributed by atoms with Crippen LogP contribution < -0.4 is 16.4 Å². The van der Waals surface area contributed by atoms with Gasteiger partial charge in [-0.15, -0.1) is 5.10 Å². The zero-order valence-corrected chi connectivity index (χ0v) is 17.8. The third kappa shape index (κ3) is 4.30. The minimum Gasteiger partial charge on any atom is -0.308 e. The molecule has 174 valence electrons. The van der Waals surface area contributed by atoms with Crippen LogP contribution in [0.15, 0.2) is 46.0 Å². The van der Waals surface area contributed by atoms with E-state index in [4.69, 9.17) is 0 Å². The summed E-state index contributed by atoms with van der Waals surface area (Å²) in [7, 11) is 0. The van der Waals surface area contributed by atoms with Crippen molar-refractivity contribution in [3.63, 3.8) is 0 Å². The topological polar surface area (TPSA) is 85.0 Å². The Morgan fingerprint density at radius 3 is 2.36 bits per heavy atom. The van der Waals surface area contributed by atoms with Gasteiger partial charge in [0, 0.05) is 43.2 Å². The third-order valence-electron chi connectivity index (χ3n) is 6.45. The summed E-state index contributed by atoms with van der Waals surface area (Å²) in [6.07, 6.45) is -2.75. The normalized spacial score (nSPS) is 19.4. The van der Waals surface area contributed by atoms with E-state index in [9.17, 15) is 22.8 Å². The van der Waals surface area contributed by atoms with Crippen molar-refractivity contribution >= 4 is 11.0 Å². The molecule has 5 heterocycles. The van der Waals surface area contributed by atoms with Crippen LogP contribution in [0.4, 0.5) is 13.2 Å². The molecule has 0 aromatic carbocycles. The Morgan fingerprint density at radius 1 is 0.970 bits per heavy atom. The van der Waals surface area contributed by atoms with Crippen LogP contribution in [-0.2, 0) is 19.3 Å². The highest BCUT2D eigenvalue weighted by Crippen LogP contribution is 2.27. The molecule has 5 rings (SSSR count). The van der Waals surface area contributed by atoms with Gasteiger partial charge in [-0.25, -0.2) is 0 Å². The van der Waals surface area contributed by atoms with Gasteiger partial charge < -0.3 is 10.2 Å². The van der Waals surface area contributed by atoms with Gasteiger partial charge >= 0.3 is 6.18 Å². The SMILES string of the molecule is O=c1ccc2ccc(=O)n3c2n1C[C@H]3CN1CCC(NCc2ccc(C(F)(F)F)nn2)CC1. The van der Waals surface area contributed by atoms with E-state index >= 15 is 0 Å². The van der Waals surface area contributed by atoms with Crippen LogP contribution in [0.2, 0.25) is 0 Å². The Hall–Kier alpha value is -3.05. The Morgan fingerprint density at radius 2 is 1.70 bits per heavy atom. The third-order valence-corrected chi connectivity index (χ3v) is 6.45. The molecule has 1 N–H and O–H groups in total. The van der Waals surface area contributed by atoms with Crippen molar-refractivity contribution in [2.45, 2.75) is 44.2 Å². The molecule has 1 fully saturated rings. The van der Waals surface area contributed by atoms with Gasteiger partial charge in [-0.3, -0.25) is 18.7 Å². The Kier molecular flexibility index (Phi) is 5.53. The number of halogens is 3. The van der Waals surface area contributed by atoms with Gasteiger partial charge in [0.25, 0.3) is 11.1 Å². The van der Waals surface area contributed by atoms with Gasteiger partial charge in [0.15, 0.2) is 5.69 Å². The molecule has 2 aliphatic rings. The molecule has 3 aromatic heterocycles. The molecular formula is C22H23F3N6O2. The molecule has 0 unspecified atom stereocenters. The molecule has 0 amide bonds. The van der Waals surface area contributed by atoms with E-state index in [0.29, 0.717) is 31.0 Å². The monoisotopic (exact) mass is 460 g/mol. The lowest BCUT2D eigenvalue weighted by atomic mass is 10.0.